The zero-order valence-electron chi connectivity index (χ0n) is 18.2. The molecule has 0 unspecified atom stereocenters. The van der Waals surface area contributed by atoms with Crippen molar-refractivity contribution in [3.05, 3.63) is 35.9 Å². The zero-order chi connectivity index (χ0) is 25.5. The van der Waals surface area contributed by atoms with Gasteiger partial charge in [0.25, 0.3) is 0 Å². The van der Waals surface area contributed by atoms with Gasteiger partial charge in [0.15, 0.2) is 0 Å². The van der Waals surface area contributed by atoms with Crippen molar-refractivity contribution >= 4 is 35.8 Å². The fourth-order valence-electron chi connectivity index (χ4n) is 2.61. The van der Waals surface area contributed by atoms with Gasteiger partial charge in [0.2, 0.25) is 12.1 Å². The van der Waals surface area contributed by atoms with Gasteiger partial charge in [-0.2, -0.15) is 0 Å². The first-order valence-electron chi connectivity index (χ1n) is 10.3. The number of urea groups is 1. The van der Waals surface area contributed by atoms with Gasteiger partial charge >= 0.3 is 29.9 Å². The van der Waals surface area contributed by atoms with Crippen LogP contribution in [0.4, 0.5) is 4.79 Å². The molecule has 0 spiro atoms. The van der Waals surface area contributed by atoms with Crippen molar-refractivity contribution in [3.63, 3.8) is 0 Å². The van der Waals surface area contributed by atoms with E-state index in [0.29, 0.717) is 6.42 Å². The monoisotopic (exact) mass is 481 g/mol. The molecular weight excluding hydrogens is 454 g/mol. The van der Waals surface area contributed by atoms with Crippen LogP contribution in [0.15, 0.2) is 30.3 Å². The van der Waals surface area contributed by atoms with Crippen LogP contribution in [0.2, 0.25) is 0 Å². The minimum absolute atomic E-state index is 0.0655. The van der Waals surface area contributed by atoms with Crippen molar-refractivity contribution in [1.82, 2.24) is 16.0 Å². The molecule has 0 fully saturated rings. The molecule has 0 saturated carbocycles. The molecule has 6 N–H and O–H groups in total. The van der Waals surface area contributed by atoms with Crippen LogP contribution in [-0.4, -0.2) is 63.3 Å². The molecule has 3 amide bonds. The lowest BCUT2D eigenvalue weighted by Gasteiger charge is -2.19. The number of carbonyl (C=O) groups excluding carboxylic acids is 3. The van der Waals surface area contributed by atoms with Gasteiger partial charge in [-0.05, 0) is 24.8 Å². The van der Waals surface area contributed by atoms with Crippen molar-refractivity contribution < 1.29 is 48.8 Å². The molecule has 0 saturated heterocycles. The number of carbonyl (C=O) groups is 6. The van der Waals surface area contributed by atoms with Gasteiger partial charge in [0.05, 0.1) is 0 Å². The summed E-state index contributed by atoms with van der Waals surface area (Å²) in [5.41, 5.74) is 0.836. The molecule has 13 nitrogen and oxygen atoms in total. The number of aliphatic carboxylic acids is 3. The molecule has 34 heavy (non-hydrogen) atoms. The van der Waals surface area contributed by atoms with E-state index < -0.39 is 60.9 Å². The molecule has 0 radical (unpaired) electrons. The first-order chi connectivity index (χ1) is 16.1. The van der Waals surface area contributed by atoms with Gasteiger partial charge in [-0.3, -0.25) is 14.4 Å². The van der Waals surface area contributed by atoms with Gasteiger partial charge in [-0.15, -0.1) is 0 Å². The lowest BCUT2D eigenvalue weighted by molar-refractivity contribution is -0.145. The Morgan fingerprint density at radius 2 is 1.44 bits per heavy atom. The summed E-state index contributed by atoms with van der Waals surface area (Å²) in [7, 11) is 0. The third-order valence-corrected chi connectivity index (χ3v) is 4.36. The number of ether oxygens (including phenoxy) is 1. The molecule has 2 atom stereocenters. The van der Waals surface area contributed by atoms with Gasteiger partial charge in [0.1, 0.15) is 12.6 Å². The van der Waals surface area contributed by atoms with Crippen LogP contribution >= 0.6 is 0 Å². The highest BCUT2D eigenvalue weighted by atomic mass is 16.5. The first-order valence-corrected chi connectivity index (χ1v) is 10.3. The highest BCUT2D eigenvalue weighted by Gasteiger charge is 2.25. The van der Waals surface area contributed by atoms with Crippen molar-refractivity contribution in [3.8, 4) is 0 Å². The number of rotatable bonds is 15. The maximum absolute atomic E-state index is 12.0. The van der Waals surface area contributed by atoms with Gasteiger partial charge in [-0.25, -0.2) is 14.4 Å². The molecule has 0 aliphatic heterocycles. The van der Waals surface area contributed by atoms with Crippen LogP contribution in [0.3, 0.4) is 0 Å². The summed E-state index contributed by atoms with van der Waals surface area (Å²) in [6, 6.07) is 6.30. The summed E-state index contributed by atoms with van der Waals surface area (Å²) < 4.78 is 5.11. The Labute approximate surface area is 194 Å². The van der Waals surface area contributed by atoms with Gasteiger partial charge in [0, 0.05) is 19.3 Å². The molecule has 0 aliphatic carbocycles. The molecule has 0 heterocycles. The molecule has 0 aliphatic rings. The Bertz CT molecular complexity index is 875. The molecule has 0 bridgehead atoms. The number of nitrogens with one attached hydrogen (secondary N) is 3. The number of esters is 1. The summed E-state index contributed by atoms with van der Waals surface area (Å²) in [5, 5.41) is 32.7. The number of benzene rings is 1. The maximum Gasteiger partial charge on any atom is 0.347 e. The second kappa shape index (κ2) is 14.8. The molecule has 1 rings (SSSR count). The first kappa shape index (κ1) is 27.9. The summed E-state index contributed by atoms with van der Waals surface area (Å²) >= 11 is 0. The predicted octanol–water partition coefficient (Wildman–Crippen LogP) is 0.434. The molecule has 1 aromatic rings. The van der Waals surface area contributed by atoms with Crippen LogP contribution in [-0.2, 0) is 35.3 Å². The van der Waals surface area contributed by atoms with E-state index in [2.05, 4.69) is 5.32 Å². The minimum Gasteiger partial charge on any atom is -0.481 e. The Hall–Kier alpha value is -4.16. The number of carboxylic acid groups (broad SMARTS) is 3. The third kappa shape index (κ3) is 12.0. The van der Waals surface area contributed by atoms with Crippen molar-refractivity contribution in [2.75, 3.05) is 0 Å². The molecule has 0 aromatic heterocycles. The second-order valence-corrected chi connectivity index (χ2v) is 7.13. The van der Waals surface area contributed by atoms with Crippen LogP contribution in [0, 0.1) is 0 Å². The average Bonchev–Trinajstić information content (AvgIpc) is 2.78. The predicted molar refractivity (Wildman–Crippen MR) is 114 cm³/mol. The van der Waals surface area contributed by atoms with E-state index in [9.17, 15) is 33.9 Å². The van der Waals surface area contributed by atoms with Crippen LogP contribution in [0.1, 0.15) is 44.1 Å². The van der Waals surface area contributed by atoms with Crippen LogP contribution in [0.5, 0.6) is 0 Å². The summed E-state index contributed by atoms with van der Waals surface area (Å²) in [6.45, 7) is 0.132. The smallest absolute Gasteiger partial charge is 0.347 e. The number of amides is 3. The highest BCUT2D eigenvalue weighted by Crippen LogP contribution is 2.05. The maximum atomic E-state index is 12.0. The number of hydrogen-bond donors (Lipinski definition) is 6. The Morgan fingerprint density at radius 1 is 0.794 bits per heavy atom. The van der Waals surface area contributed by atoms with Crippen LogP contribution < -0.4 is 16.0 Å². The van der Waals surface area contributed by atoms with Crippen molar-refractivity contribution in [1.29, 1.82) is 0 Å². The topological polar surface area (TPSA) is 208 Å². The Morgan fingerprint density at radius 3 is 2.03 bits per heavy atom. The van der Waals surface area contributed by atoms with E-state index in [1.54, 1.807) is 0 Å². The molecule has 1 aromatic carbocycles. The molecule has 186 valence electrons. The summed E-state index contributed by atoms with van der Waals surface area (Å²) in [5.74, 6) is -5.54. The normalized spacial score (nSPS) is 12.0. The summed E-state index contributed by atoms with van der Waals surface area (Å²) in [6.07, 6.45) is -2.30. The lowest BCUT2D eigenvalue weighted by Crippen LogP contribution is -2.57. The van der Waals surface area contributed by atoms with Crippen molar-refractivity contribution in [2.24, 2.45) is 0 Å². The Kier molecular flexibility index (Phi) is 12.1. The summed E-state index contributed by atoms with van der Waals surface area (Å²) in [4.78, 5) is 68.6. The standard InChI is InChI=1S/C21H27N3O10/c25-15(8-4-5-9-17(28)34-12-13-6-2-1-3-7-13)23-18(20(31)32)24-21(33)22-14(19(29)30)10-11-16(26)27/h1-3,6-7,14,18H,4-5,8-12H2,(H,23,25)(H,26,27)(H,29,30)(H,31,32)(H2,22,24,33)/t14-,18+/m0/s1. The SMILES string of the molecule is O=C(O)CC[C@H](NC(=O)N[C@@H](NC(=O)CCCCC(=O)OCc1ccccc1)C(=O)O)C(=O)O. The Balaban J connectivity index is 2.37. The zero-order valence-corrected chi connectivity index (χ0v) is 18.2. The highest BCUT2D eigenvalue weighted by molar-refractivity contribution is 5.89. The fraction of sp³-hybridized carbons (Fsp3) is 0.429. The number of carboxylic acids is 3. The molecular formula is C21H27N3O10. The van der Waals surface area contributed by atoms with E-state index in [-0.39, 0.29) is 25.9 Å². The van der Waals surface area contributed by atoms with E-state index >= 15 is 0 Å². The lowest BCUT2D eigenvalue weighted by atomic mass is 10.1. The second-order valence-electron chi connectivity index (χ2n) is 7.13. The fourth-order valence-corrected chi connectivity index (χ4v) is 2.61. The van der Waals surface area contributed by atoms with Gasteiger partial charge < -0.3 is 36.0 Å². The van der Waals surface area contributed by atoms with Crippen LogP contribution in [0.25, 0.3) is 0 Å². The van der Waals surface area contributed by atoms with E-state index in [1.165, 1.54) is 0 Å². The van der Waals surface area contributed by atoms with E-state index in [1.807, 2.05) is 41.0 Å². The number of unbranched alkanes of at least 4 members (excludes halogenated alkanes) is 1. The minimum atomic E-state index is -1.85. The van der Waals surface area contributed by atoms with Crippen molar-refractivity contribution in [2.45, 2.75) is 57.3 Å². The third-order valence-electron chi connectivity index (χ3n) is 4.36. The van der Waals surface area contributed by atoms with E-state index in [4.69, 9.17) is 14.9 Å². The average molecular weight is 481 g/mol. The largest absolute Gasteiger partial charge is 0.481 e. The quantitative estimate of drug-likeness (QED) is 0.116. The van der Waals surface area contributed by atoms with Gasteiger partial charge in [-0.1, -0.05) is 30.3 Å². The molecule has 13 heteroatoms. The van der Waals surface area contributed by atoms with E-state index in [0.717, 1.165) is 5.56 Å². The number of hydrogen-bond acceptors (Lipinski definition) is 7.